The summed E-state index contributed by atoms with van der Waals surface area (Å²) in [6, 6.07) is 1.32. The van der Waals surface area contributed by atoms with Crippen molar-refractivity contribution in [3.05, 3.63) is 28.2 Å². The van der Waals surface area contributed by atoms with Crippen molar-refractivity contribution in [1.82, 2.24) is 4.98 Å². The zero-order valence-electron chi connectivity index (χ0n) is 8.74. The minimum atomic E-state index is -0.421. The molecule has 0 bridgehead atoms. The van der Waals surface area contributed by atoms with Gasteiger partial charge in [0.1, 0.15) is 11.7 Å². The third-order valence-electron chi connectivity index (χ3n) is 2.68. The highest BCUT2D eigenvalue weighted by atomic mass is 79.9. The van der Waals surface area contributed by atoms with Crippen LogP contribution in [-0.2, 0) is 9.53 Å². The van der Waals surface area contributed by atoms with Gasteiger partial charge in [-0.15, -0.1) is 0 Å². The van der Waals surface area contributed by atoms with E-state index in [0.29, 0.717) is 10.2 Å². The van der Waals surface area contributed by atoms with Gasteiger partial charge in [0.15, 0.2) is 0 Å². The Bertz CT molecular complexity index is 420. The summed E-state index contributed by atoms with van der Waals surface area (Å²) in [5, 5.41) is 0. The van der Waals surface area contributed by atoms with Gasteiger partial charge in [0.05, 0.1) is 19.0 Å². The van der Waals surface area contributed by atoms with Crippen LogP contribution in [0.3, 0.4) is 0 Å². The third kappa shape index (κ3) is 2.24. The van der Waals surface area contributed by atoms with Crippen LogP contribution in [0.25, 0.3) is 0 Å². The molecule has 0 radical (unpaired) electrons. The maximum atomic E-state index is 12.9. The fraction of sp³-hybridized carbons (Fsp3) is 0.455. The van der Waals surface area contributed by atoms with E-state index in [1.54, 1.807) is 0 Å². The molecule has 86 valence electrons. The van der Waals surface area contributed by atoms with Gasteiger partial charge in [-0.05, 0) is 40.8 Å². The van der Waals surface area contributed by atoms with Crippen LogP contribution in [0.15, 0.2) is 16.7 Å². The monoisotopic (exact) mass is 287 g/mol. The Labute approximate surface area is 101 Å². The van der Waals surface area contributed by atoms with Crippen molar-refractivity contribution in [1.29, 1.82) is 0 Å². The smallest absolute Gasteiger partial charge is 0.315 e. The van der Waals surface area contributed by atoms with Crippen LogP contribution in [-0.4, -0.2) is 18.1 Å². The molecule has 1 atom stereocenters. The molecular weight excluding hydrogens is 277 g/mol. The van der Waals surface area contributed by atoms with Crippen LogP contribution in [0.4, 0.5) is 4.39 Å². The molecule has 1 aliphatic carbocycles. The number of rotatable bonds is 3. The predicted molar refractivity (Wildman–Crippen MR) is 59.4 cm³/mol. The summed E-state index contributed by atoms with van der Waals surface area (Å²) in [6.07, 6.45) is 3.11. The van der Waals surface area contributed by atoms with E-state index in [2.05, 4.69) is 20.9 Å². The van der Waals surface area contributed by atoms with Crippen LogP contribution in [0.2, 0.25) is 0 Å². The van der Waals surface area contributed by atoms with E-state index in [9.17, 15) is 9.18 Å². The molecule has 0 saturated heterocycles. The Kier molecular flexibility index (Phi) is 3.23. The SMILES string of the molecule is COC(=O)C(c1ncc(F)cc1Br)C1CC1. The fourth-order valence-electron chi connectivity index (χ4n) is 1.74. The quantitative estimate of drug-likeness (QED) is 0.803. The van der Waals surface area contributed by atoms with E-state index in [4.69, 9.17) is 4.74 Å². The standard InChI is InChI=1S/C11H11BrFNO2/c1-16-11(15)9(6-2-3-6)10-8(12)4-7(13)5-14-10/h4-6,9H,2-3H2,1H3. The second kappa shape index (κ2) is 4.49. The van der Waals surface area contributed by atoms with E-state index < -0.39 is 5.82 Å². The summed E-state index contributed by atoms with van der Waals surface area (Å²) < 4.78 is 18.2. The molecule has 0 spiro atoms. The van der Waals surface area contributed by atoms with Crippen LogP contribution in [0, 0.1) is 11.7 Å². The number of ether oxygens (including phenoxy) is 1. The first-order chi connectivity index (χ1) is 7.63. The number of methoxy groups -OCH3 is 1. The lowest BCUT2D eigenvalue weighted by atomic mass is 9.99. The minimum Gasteiger partial charge on any atom is -0.468 e. The molecule has 0 aromatic carbocycles. The molecule has 1 fully saturated rings. The number of hydrogen-bond acceptors (Lipinski definition) is 3. The molecule has 2 rings (SSSR count). The first kappa shape index (κ1) is 11.5. The molecule has 3 nitrogen and oxygen atoms in total. The number of esters is 1. The van der Waals surface area contributed by atoms with Crippen LogP contribution >= 0.6 is 15.9 Å². The zero-order valence-corrected chi connectivity index (χ0v) is 10.3. The molecule has 1 heterocycles. The van der Waals surface area contributed by atoms with Crippen LogP contribution < -0.4 is 0 Å². The fourth-order valence-corrected chi connectivity index (χ4v) is 2.31. The predicted octanol–water partition coefficient (Wildman–Crippen LogP) is 2.65. The average Bonchev–Trinajstić information content (AvgIpc) is 3.05. The molecule has 1 aliphatic rings. The van der Waals surface area contributed by atoms with Gasteiger partial charge in [0.25, 0.3) is 0 Å². The van der Waals surface area contributed by atoms with E-state index in [1.165, 1.54) is 13.2 Å². The van der Waals surface area contributed by atoms with Crippen molar-refractivity contribution < 1.29 is 13.9 Å². The van der Waals surface area contributed by atoms with Crippen molar-refractivity contribution >= 4 is 21.9 Å². The highest BCUT2D eigenvalue weighted by Crippen LogP contribution is 2.44. The summed E-state index contributed by atoms with van der Waals surface area (Å²) in [4.78, 5) is 15.6. The third-order valence-corrected chi connectivity index (χ3v) is 3.31. The van der Waals surface area contributed by atoms with Gasteiger partial charge in [-0.2, -0.15) is 0 Å². The molecule has 1 aromatic heterocycles. The molecule has 1 unspecified atom stereocenters. The lowest BCUT2D eigenvalue weighted by Crippen LogP contribution is -2.18. The molecule has 0 aliphatic heterocycles. The summed E-state index contributed by atoms with van der Waals surface area (Å²) in [5.74, 6) is -0.820. The molecular formula is C11H11BrFNO2. The Morgan fingerprint density at radius 3 is 2.88 bits per heavy atom. The minimum absolute atomic E-state index is 0.279. The lowest BCUT2D eigenvalue weighted by molar-refractivity contribution is -0.143. The van der Waals surface area contributed by atoms with Gasteiger partial charge < -0.3 is 4.74 Å². The Morgan fingerprint density at radius 1 is 1.69 bits per heavy atom. The summed E-state index contributed by atoms with van der Waals surface area (Å²) in [6.45, 7) is 0. The van der Waals surface area contributed by atoms with Crippen molar-refractivity contribution in [2.24, 2.45) is 5.92 Å². The lowest BCUT2D eigenvalue weighted by Gasteiger charge is -2.14. The highest BCUT2D eigenvalue weighted by molar-refractivity contribution is 9.10. The van der Waals surface area contributed by atoms with Crippen molar-refractivity contribution in [3.63, 3.8) is 0 Å². The van der Waals surface area contributed by atoms with Gasteiger partial charge >= 0.3 is 5.97 Å². The summed E-state index contributed by atoms with van der Waals surface area (Å²) in [5.41, 5.74) is 0.566. The zero-order chi connectivity index (χ0) is 11.7. The van der Waals surface area contributed by atoms with Gasteiger partial charge in [0, 0.05) is 4.47 Å². The van der Waals surface area contributed by atoms with Crippen molar-refractivity contribution in [2.75, 3.05) is 7.11 Å². The normalized spacial score (nSPS) is 16.9. The molecule has 16 heavy (non-hydrogen) atoms. The van der Waals surface area contributed by atoms with Gasteiger partial charge in [0.2, 0.25) is 0 Å². The molecule has 0 amide bonds. The molecule has 0 N–H and O–H groups in total. The van der Waals surface area contributed by atoms with Crippen molar-refractivity contribution in [2.45, 2.75) is 18.8 Å². The first-order valence-electron chi connectivity index (χ1n) is 5.02. The summed E-state index contributed by atoms with van der Waals surface area (Å²) in [7, 11) is 1.36. The summed E-state index contributed by atoms with van der Waals surface area (Å²) >= 11 is 3.23. The number of carbonyl (C=O) groups is 1. The number of halogens is 2. The first-order valence-corrected chi connectivity index (χ1v) is 5.81. The molecule has 1 saturated carbocycles. The number of aromatic nitrogens is 1. The second-order valence-corrected chi connectivity index (χ2v) is 4.71. The van der Waals surface area contributed by atoms with E-state index in [0.717, 1.165) is 19.0 Å². The number of carbonyl (C=O) groups excluding carboxylic acids is 1. The van der Waals surface area contributed by atoms with Crippen molar-refractivity contribution in [3.8, 4) is 0 Å². The number of hydrogen-bond donors (Lipinski definition) is 0. The Balaban J connectivity index is 2.34. The van der Waals surface area contributed by atoms with E-state index in [1.807, 2.05) is 0 Å². The van der Waals surface area contributed by atoms with E-state index >= 15 is 0 Å². The average molecular weight is 288 g/mol. The largest absolute Gasteiger partial charge is 0.468 e. The molecule has 1 aromatic rings. The molecule has 5 heteroatoms. The topological polar surface area (TPSA) is 39.2 Å². The maximum Gasteiger partial charge on any atom is 0.315 e. The van der Waals surface area contributed by atoms with Crippen LogP contribution in [0.1, 0.15) is 24.5 Å². The van der Waals surface area contributed by atoms with Crippen LogP contribution in [0.5, 0.6) is 0 Å². The number of pyridine rings is 1. The highest BCUT2D eigenvalue weighted by Gasteiger charge is 2.40. The Morgan fingerprint density at radius 2 is 2.38 bits per heavy atom. The van der Waals surface area contributed by atoms with E-state index in [-0.39, 0.29) is 17.8 Å². The van der Waals surface area contributed by atoms with Gasteiger partial charge in [-0.1, -0.05) is 0 Å². The van der Waals surface area contributed by atoms with Gasteiger partial charge in [-0.3, -0.25) is 9.78 Å². The van der Waals surface area contributed by atoms with Gasteiger partial charge in [-0.25, -0.2) is 4.39 Å². The maximum absolute atomic E-state index is 12.9. The second-order valence-electron chi connectivity index (χ2n) is 3.86. The number of nitrogens with zero attached hydrogens (tertiary/aromatic N) is 1. The Hall–Kier alpha value is -0.970.